The van der Waals surface area contributed by atoms with Gasteiger partial charge in [0.15, 0.2) is 0 Å². The van der Waals surface area contributed by atoms with Crippen molar-refractivity contribution < 1.29 is 14.7 Å². The maximum Gasteiger partial charge on any atom is 0.316 e. The standard InChI is InChI=1S/C10H15N2O2/c1-9-2-3-12(13)10(8-9)11-4-6-14-7-5-11/h2-3,8,13H,4-7H2,1H3/q+1. The van der Waals surface area contributed by atoms with Gasteiger partial charge >= 0.3 is 5.82 Å². The first-order chi connectivity index (χ1) is 6.77. The summed E-state index contributed by atoms with van der Waals surface area (Å²) in [5.41, 5.74) is 1.15. The molecule has 14 heavy (non-hydrogen) atoms. The molecule has 0 saturated carbocycles. The lowest BCUT2D eigenvalue weighted by atomic mass is 10.3. The third-order valence-electron chi connectivity index (χ3n) is 2.41. The molecule has 76 valence electrons. The van der Waals surface area contributed by atoms with Crippen LogP contribution in [-0.2, 0) is 4.74 Å². The first-order valence-corrected chi connectivity index (χ1v) is 4.81. The summed E-state index contributed by atoms with van der Waals surface area (Å²) in [7, 11) is 0. The third kappa shape index (κ3) is 1.80. The van der Waals surface area contributed by atoms with E-state index in [0.717, 1.165) is 37.7 Å². The lowest BCUT2D eigenvalue weighted by Gasteiger charge is -2.21. The van der Waals surface area contributed by atoms with E-state index < -0.39 is 0 Å². The van der Waals surface area contributed by atoms with Crippen molar-refractivity contribution in [2.24, 2.45) is 0 Å². The number of nitrogens with zero attached hydrogens (tertiary/aromatic N) is 2. The number of morpholine rings is 1. The van der Waals surface area contributed by atoms with Gasteiger partial charge in [-0.3, -0.25) is 4.90 Å². The Labute approximate surface area is 83.3 Å². The molecule has 1 fully saturated rings. The molecule has 0 aliphatic carbocycles. The second kappa shape index (κ2) is 3.84. The molecule has 0 radical (unpaired) electrons. The Morgan fingerprint density at radius 1 is 1.43 bits per heavy atom. The quantitative estimate of drug-likeness (QED) is 0.519. The Morgan fingerprint density at radius 2 is 2.14 bits per heavy atom. The smallest absolute Gasteiger partial charge is 0.316 e. The summed E-state index contributed by atoms with van der Waals surface area (Å²) in [5, 5.41) is 9.62. The lowest BCUT2D eigenvalue weighted by Crippen LogP contribution is -2.45. The van der Waals surface area contributed by atoms with E-state index in [4.69, 9.17) is 4.74 Å². The molecule has 1 aliphatic rings. The highest BCUT2D eigenvalue weighted by Crippen LogP contribution is 2.11. The predicted molar refractivity (Wildman–Crippen MR) is 51.6 cm³/mol. The zero-order chi connectivity index (χ0) is 9.97. The highest BCUT2D eigenvalue weighted by Gasteiger charge is 2.22. The van der Waals surface area contributed by atoms with E-state index in [1.54, 1.807) is 6.20 Å². The average Bonchev–Trinajstić information content (AvgIpc) is 2.23. The van der Waals surface area contributed by atoms with Gasteiger partial charge in [-0.05, 0) is 18.6 Å². The number of aryl methyl sites for hydroxylation is 1. The molecule has 0 atom stereocenters. The summed E-state index contributed by atoms with van der Waals surface area (Å²) in [5.74, 6) is 0.841. The largest absolute Gasteiger partial charge is 0.373 e. The second-order valence-corrected chi connectivity index (χ2v) is 3.51. The molecule has 4 nitrogen and oxygen atoms in total. The summed E-state index contributed by atoms with van der Waals surface area (Å²) >= 11 is 0. The fraction of sp³-hybridized carbons (Fsp3) is 0.500. The Bertz CT molecular complexity index is 322. The molecule has 1 N–H and O–H groups in total. The maximum absolute atomic E-state index is 9.62. The van der Waals surface area contributed by atoms with Crippen LogP contribution in [0.25, 0.3) is 0 Å². The van der Waals surface area contributed by atoms with E-state index in [-0.39, 0.29) is 0 Å². The molecule has 2 heterocycles. The van der Waals surface area contributed by atoms with Crippen LogP contribution in [-0.4, -0.2) is 31.5 Å². The molecule has 1 saturated heterocycles. The van der Waals surface area contributed by atoms with E-state index in [9.17, 15) is 5.21 Å². The van der Waals surface area contributed by atoms with Crippen LogP contribution in [0.15, 0.2) is 18.3 Å². The summed E-state index contributed by atoms with van der Waals surface area (Å²) in [6, 6.07) is 3.86. The van der Waals surface area contributed by atoms with Crippen LogP contribution < -0.4 is 9.63 Å². The first kappa shape index (κ1) is 9.27. The molecule has 0 amide bonds. The summed E-state index contributed by atoms with van der Waals surface area (Å²) < 4.78 is 6.42. The van der Waals surface area contributed by atoms with Crippen LogP contribution >= 0.6 is 0 Å². The molecular weight excluding hydrogens is 180 g/mol. The van der Waals surface area contributed by atoms with E-state index in [1.807, 2.05) is 19.1 Å². The van der Waals surface area contributed by atoms with Crippen molar-refractivity contribution in [2.45, 2.75) is 6.92 Å². The Morgan fingerprint density at radius 3 is 2.86 bits per heavy atom. The van der Waals surface area contributed by atoms with Crippen molar-refractivity contribution in [3.63, 3.8) is 0 Å². The van der Waals surface area contributed by atoms with Gasteiger partial charge in [-0.25, -0.2) is 0 Å². The van der Waals surface area contributed by atoms with Crippen molar-refractivity contribution in [3.8, 4) is 0 Å². The van der Waals surface area contributed by atoms with Crippen molar-refractivity contribution in [3.05, 3.63) is 23.9 Å². The van der Waals surface area contributed by atoms with Crippen LogP contribution in [0.4, 0.5) is 5.82 Å². The number of rotatable bonds is 1. The average molecular weight is 195 g/mol. The minimum absolute atomic E-state index is 0.730. The van der Waals surface area contributed by atoms with E-state index in [1.165, 1.54) is 4.73 Å². The van der Waals surface area contributed by atoms with E-state index in [2.05, 4.69) is 4.90 Å². The van der Waals surface area contributed by atoms with Crippen LogP contribution in [0.3, 0.4) is 0 Å². The molecule has 4 heteroatoms. The topological polar surface area (TPSA) is 36.6 Å². The highest BCUT2D eigenvalue weighted by atomic mass is 16.5. The fourth-order valence-electron chi connectivity index (χ4n) is 1.61. The molecular formula is C10H15N2O2+. The van der Waals surface area contributed by atoms with Gasteiger partial charge in [-0.15, -0.1) is 0 Å². The fourth-order valence-corrected chi connectivity index (χ4v) is 1.61. The van der Waals surface area contributed by atoms with Crippen LogP contribution in [0.5, 0.6) is 0 Å². The number of pyridine rings is 1. The van der Waals surface area contributed by atoms with Gasteiger partial charge in [0, 0.05) is 6.07 Å². The Balaban J connectivity index is 2.24. The van der Waals surface area contributed by atoms with Gasteiger partial charge in [-0.1, -0.05) is 4.73 Å². The predicted octanol–water partition coefficient (Wildman–Crippen LogP) is 0.356. The van der Waals surface area contributed by atoms with E-state index in [0.29, 0.717) is 0 Å². The highest BCUT2D eigenvalue weighted by molar-refractivity contribution is 5.35. The third-order valence-corrected chi connectivity index (χ3v) is 2.41. The SMILES string of the molecule is Cc1cc[n+](O)c(N2CCOCC2)c1. The van der Waals surface area contributed by atoms with E-state index >= 15 is 0 Å². The second-order valence-electron chi connectivity index (χ2n) is 3.51. The molecule has 2 rings (SSSR count). The molecule has 0 unspecified atom stereocenters. The minimum Gasteiger partial charge on any atom is -0.373 e. The van der Waals surface area contributed by atoms with Crippen molar-refractivity contribution in [1.82, 2.24) is 0 Å². The van der Waals surface area contributed by atoms with Gasteiger partial charge < -0.3 is 9.94 Å². The number of ether oxygens (including phenoxy) is 1. The molecule has 0 bridgehead atoms. The zero-order valence-electron chi connectivity index (χ0n) is 8.31. The molecule has 1 aromatic heterocycles. The normalized spacial score (nSPS) is 17.1. The van der Waals surface area contributed by atoms with Gasteiger partial charge in [0.05, 0.1) is 13.2 Å². The van der Waals surface area contributed by atoms with Crippen LogP contribution in [0.1, 0.15) is 5.56 Å². The summed E-state index contributed by atoms with van der Waals surface area (Å²) in [4.78, 5) is 2.12. The molecule has 1 aliphatic heterocycles. The van der Waals surface area contributed by atoms with Crippen molar-refractivity contribution in [2.75, 3.05) is 31.2 Å². The summed E-state index contributed by atoms with van der Waals surface area (Å²) in [6.45, 7) is 5.15. The van der Waals surface area contributed by atoms with Crippen molar-refractivity contribution >= 4 is 5.82 Å². The zero-order valence-corrected chi connectivity index (χ0v) is 8.31. The number of anilines is 1. The van der Waals surface area contributed by atoms with Gasteiger partial charge in [0.1, 0.15) is 19.3 Å². The number of hydrogen-bond acceptors (Lipinski definition) is 3. The van der Waals surface area contributed by atoms with Crippen LogP contribution in [0.2, 0.25) is 0 Å². The molecule has 1 aromatic rings. The van der Waals surface area contributed by atoms with Crippen LogP contribution in [0, 0.1) is 6.92 Å². The Hall–Kier alpha value is -1.29. The summed E-state index contributed by atoms with van der Waals surface area (Å²) in [6.07, 6.45) is 1.67. The maximum atomic E-state index is 9.62. The van der Waals surface area contributed by atoms with Gasteiger partial charge in [0.25, 0.3) is 0 Å². The number of hydrogen-bond donors (Lipinski definition) is 1. The molecule has 0 spiro atoms. The minimum atomic E-state index is 0.730. The Kier molecular flexibility index (Phi) is 2.54. The van der Waals surface area contributed by atoms with Gasteiger partial charge in [0.2, 0.25) is 0 Å². The van der Waals surface area contributed by atoms with Gasteiger partial charge in [-0.2, -0.15) is 0 Å². The lowest BCUT2D eigenvalue weighted by molar-refractivity contribution is -0.894. The first-order valence-electron chi connectivity index (χ1n) is 4.81. The number of aromatic nitrogens is 1. The molecule has 0 aromatic carbocycles. The monoisotopic (exact) mass is 195 g/mol. The van der Waals surface area contributed by atoms with Crippen molar-refractivity contribution in [1.29, 1.82) is 0 Å².